The van der Waals surface area contributed by atoms with Crippen LogP contribution in [0.25, 0.3) is 10.9 Å². The molecule has 0 spiro atoms. The molecular weight excluding hydrogens is 220 g/mol. The molecule has 18 heavy (non-hydrogen) atoms. The highest BCUT2D eigenvalue weighted by Gasteiger charge is 2.32. The van der Waals surface area contributed by atoms with Crippen molar-refractivity contribution in [3.63, 3.8) is 0 Å². The Morgan fingerprint density at radius 3 is 2.72 bits per heavy atom. The summed E-state index contributed by atoms with van der Waals surface area (Å²) in [7, 11) is 4.37. The molecule has 1 saturated carbocycles. The molecule has 96 valence electrons. The van der Waals surface area contributed by atoms with Crippen LogP contribution in [0.15, 0.2) is 24.4 Å². The number of aromatic nitrogens is 1. The zero-order valence-electron chi connectivity index (χ0n) is 11.5. The molecular formula is C16H22N2. The molecule has 2 nitrogen and oxygen atoms in total. The molecule has 0 bridgehead atoms. The predicted molar refractivity (Wildman–Crippen MR) is 77.1 cm³/mol. The van der Waals surface area contributed by atoms with E-state index in [1.165, 1.54) is 34.9 Å². The Labute approximate surface area is 109 Å². The van der Waals surface area contributed by atoms with Crippen LogP contribution in [0.1, 0.15) is 36.8 Å². The third kappa shape index (κ3) is 1.85. The van der Waals surface area contributed by atoms with Gasteiger partial charge in [-0.05, 0) is 62.5 Å². The van der Waals surface area contributed by atoms with E-state index in [9.17, 15) is 0 Å². The highest BCUT2D eigenvalue weighted by atomic mass is 15.1. The summed E-state index contributed by atoms with van der Waals surface area (Å²) in [6, 6.07) is 7.59. The number of benzene rings is 1. The maximum absolute atomic E-state index is 3.42. The van der Waals surface area contributed by atoms with Gasteiger partial charge in [-0.3, -0.25) is 0 Å². The summed E-state index contributed by atoms with van der Waals surface area (Å²) in [4.78, 5) is 5.77. The molecule has 1 aromatic carbocycles. The van der Waals surface area contributed by atoms with Gasteiger partial charge in [-0.15, -0.1) is 0 Å². The summed E-state index contributed by atoms with van der Waals surface area (Å²) in [6.45, 7) is 2.22. The van der Waals surface area contributed by atoms with E-state index in [0.717, 1.165) is 18.4 Å². The van der Waals surface area contributed by atoms with Gasteiger partial charge in [0, 0.05) is 23.1 Å². The molecule has 0 radical (unpaired) electrons. The molecule has 0 amide bonds. The standard InChI is InChI=1S/C16H22N2/c1-4-11-5-6-16-14(7-11)15(10-17-16)12-8-13(9-12)18(2)3/h5-7,10,12-13,17H,4,8-9H2,1-3H3. The van der Waals surface area contributed by atoms with Crippen LogP contribution < -0.4 is 0 Å². The van der Waals surface area contributed by atoms with Gasteiger partial charge < -0.3 is 9.88 Å². The number of rotatable bonds is 3. The zero-order chi connectivity index (χ0) is 12.7. The van der Waals surface area contributed by atoms with E-state index in [2.05, 4.69) is 55.3 Å². The van der Waals surface area contributed by atoms with Crippen molar-refractivity contribution < 1.29 is 0 Å². The smallest absolute Gasteiger partial charge is 0.0457 e. The Hall–Kier alpha value is -1.28. The Morgan fingerprint density at radius 1 is 1.28 bits per heavy atom. The van der Waals surface area contributed by atoms with E-state index in [4.69, 9.17) is 0 Å². The average Bonchev–Trinajstić information content (AvgIpc) is 2.70. The number of aromatic amines is 1. The van der Waals surface area contributed by atoms with Crippen molar-refractivity contribution in [1.82, 2.24) is 9.88 Å². The number of nitrogens with one attached hydrogen (secondary N) is 1. The Morgan fingerprint density at radius 2 is 2.06 bits per heavy atom. The molecule has 1 heterocycles. The Bertz CT molecular complexity index is 547. The normalized spacial score (nSPS) is 23.6. The summed E-state index contributed by atoms with van der Waals surface area (Å²) in [5, 5.41) is 1.44. The lowest BCUT2D eigenvalue weighted by molar-refractivity contribution is 0.167. The van der Waals surface area contributed by atoms with Crippen LogP contribution in [0.2, 0.25) is 0 Å². The topological polar surface area (TPSA) is 19.0 Å². The number of nitrogens with zero attached hydrogens (tertiary/aromatic N) is 1. The SMILES string of the molecule is CCc1ccc2[nH]cc(C3CC(N(C)C)C3)c2c1. The number of aryl methyl sites for hydroxylation is 1. The van der Waals surface area contributed by atoms with Gasteiger partial charge in [0.15, 0.2) is 0 Å². The van der Waals surface area contributed by atoms with Crippen LogP contribution in [0.3, 0.4) is 0 Å². The fourth-order valence-corrected chi connectivity index (χ4v) is 3.01. The van der Waals surface area contributed by atoms with Crippen LogP contribution in [0.4, 0.5) is 0 Å². The lowest BCUT2D eigenvalue weighted by atomic mass is 9.75. The largest absolute Gasteiger partial charge is 0.361 e. The lowest BCUT2D eigenvalue weighted by Gasteiger charge is -2.39. The Kier molecular flexibility index (Phi) is 2.90. The van der Waals surface area contributed by atoms with E-state index in [0.29, 0.717) is 0 Å². The van der Waals surface area contributed by atoms with E-state index in [1.54, 1.807) is 0 Å². The molecule has 1 aromatic heterocycles. The van der Waals surface area contributed by atoms with Gasteiger partial charge in [-0.1, -0.05) is 13.0 Å². The van der Waals surface area contributed by atoms with Crippen molar-refractivity contribution in [3.05, 3.63) is 35.5 Å². The van der Waals surface area contributed by atoms with E-state index >= 15 is 0 Å². The summed E-state index contributed by atoms with van der Waals surface area (Å²) in [5.74, 6) is 0.748. The highest BCUT2D eigenvalue weighted by molar-refractivity contribution is 5.84. The first kappa shape index (κ1) is 11.8. The number of fused-ring (bicyclic) bond motifs is 1. The summed E-state index contributed by atoms with van der Waals surface area (Å²) >= 11 is 0. The Balaban J connectivity index is 1.89. The second-order valence-electron chi connectivity index (χ2n) is 5.76. The zero-order valence-corrected chi connectivity index (χ0v) is 11.5. The molecule has 0 unspecified atom stereocenters. The number of hydrogen-bond donors (Lipinski definition) is 1. The molecule has 1 aliphatic rings. The number of H-pyrrole nitrogens is 1. The minimum absolute atomic E-state index is 0.748. The molecule has 0 atom stereocenters. The van der Waals surface area contributed by atoms with Crippen molar-refractivity contribution in [2.24, 2.45) is 0 Å². The van der Waals surface area contributed by atoms with Gasteiger partial charge in [0.05, 0.1) is 0 Å². The van der Waals surface area contributed by atoms with Crippen molar-refractivity contribution in [2.45, 2.75) is 38.1 Å². The third-order valence-corrected chi connectivity index (χ3v) is 4.47. The van der Waals surface area contributed by atoms with E-state index < -0.39 is 0 Å². The second kappa shape index (κ2) is 4.43. The van der Waals surface area contributed by atoms with Gasteiger partial charge in [-0.25, -0.2) is 0 Å². The quantitative estimate of drug-likeness (QED) is 0.872. The summed E-state index contributed by atoms with van der Waals surface area (Å²) in [5.41, 5.74) is 4.25. The first-order valence-electron chi connectivity index (χ1n) is 6.95. The number of hydrogen-bond acceptors (Lipinski definition) is 1. The van der Waals surface area contributed by atoms with Gasteiger partial charge in [0.1, 0.15) is 0 Å². The minimum atomic E-state index is 0.748. The molecule has 3 rings (SSSR count). The van der Waals surface area contributed by atoms with Crippen molar-refractivity contribution in [2.75, 3.05) is 14.1 Å². The van der Waals surface area contributed by atoms with Crippen LogP contribution in [0.5, 0.6) is 0 Å². The molecule has 0 aliphatic heterocycles. The summed E-state index contributed by atoms with van der Waals surface area (Å²) in [6.07, 6.45) is 5.94. The van der Waals surface area contributed by atoms with E-state index in [-0.39, 0.29) is 0 Å². The van der Waals surface area contributed by atoms with Gasteiger partial charge in [0.25, 0.3) is 0 Å². The van der Waals surface area contributed by atoms with Crippen molar-refractivity contribution >= 4 is 10.9 Å². The molecule has 1 N–H and O–H groups in total. The predicted octanol–water partition coefficient (Wildman–Crippen LogP) is 3.54. The van der Waals surface area contributed by atoms with E-state index in [1.807, 2.05) is 0 Å². The highest BCUT2D eigenvalue weighted by Crippen LogP contribution is 2.41. The monoisotopic (exact) mass is 242 g/mol. The molecule has 1 fully saturated rings. The first-order valence-corrected chi connectivity index (χ1v) is 6.95. The van der Waals surface area contributed by atoms with Crippen LogP contribution in [-0.2, 0) is 6.42 Å². The third-order valence-electron chi connectivity index (χ3n) is 4.47. The van der Waals surface area contributed by atoms with Gasteiger partial charge in [0.2, 0.25) is 0 Å². The molecule has 2 heteroatoms. The average molecular weight is 242 g/mol. The van der Waals surface area contributed by atoms with Crippen LogP contribution >= 0.6 is 0 Å². The van der Waals surface area contributed by atoms with Crippen molar-refractivity contribution in [3.8, 4) is 0 Å². The van der Waals surface area contributed by atoms with Crippen molar-refractivity contribution in [1.29, 1.82) is 0 Å². The second-order valence-corrected chi connectivity index (χ2v) is 5.76. The fourth-order valence-electron chi connectivity index (χ4n) is 3.01. The maximum atomic E-state index is 3.42. The fraction of sp³-hybridized carbons (Fsp3) is 0.500. The molecule has 0 saturated heterocycles. The molecule has 2 aromatic rings. The van der Waals surface area contributed by atoms with Crippen LogP contribution in [-0.4, -0.2) is 30.0 Å². The summed E-state index contributed by atoms with van der Waals surface area (Å²) < 4.78 is 0. The lowest BCUT2D eigenvalue weighted by Crippen LogP contribution is -2.39. The van der Waals surface area contributed by atoms with Gasteiger partial charge in [-0.2, -0.15) is 0 Å². The maximum Gasteiger partial charge on any atom is 0.0457 e. The van der Waals surface area contributed by atoms with Gasteiger partial charge >= 0.3 is 0 Å². The minimum Gasteiger partial charge on any atom is -0.361 e. The van der Waals surface area contributed by atoms with Crippen LogP contribution in [0, 0.1) is 0 Å². The molecule has 1 aliphatic carbocycles. The first-order chi connectivity index (χ1) is 8.69.